The molecule has 3 rings (SSSR count). The van der Waals surface area contributed by atoms with Gasteiger partial charge in [-0.1, -0.05) is 37.3 Å². The zero-order chi connectivity index (χ0) is 19.2. The van der Waals surface area contributed by atoms with E-state index >= 15 is 0 Å². The van der Waals surface area contributed by atoms with Crippen LogP contribution in [0.4, 0.5) is 0 Å². The maximum absolute atomic E-state index is 4.77. The summed E-state index contributed by atoms with van der Waals surface area (Å²) in [4.78, 5) is 6.92. The van der Waals surface area contributed by atoms with Crippen LogP contribution in [-0.4, -0.2) is 51.8 Å². The molecule has 2 aromatic rings. The fourth-order valence-electron chi connectivity index (χ4n) is 3.56. The molecule has 1 aliphatic heterocycles. The number of benzene rings is 1. The Hall–Kier alpha value is -1.95. The number of aryl methyl sites for hydroxylation is 1. The standard InChI is InChI=1S/C21H31N5S/c1-5-19-15-25(11-12-27-19)21(22-4)23-13-20-16(2)24-26(17(20)3)14-18-9-7-6-8-10-18/h6-10,19H,5,11-15H2,1-4H3,(H,22,23). The van der Waals surface area contributed by atoms with Crippen molar-refractivity contribution in [2.75, 3.05) is 25.9 Å². The first kappa shape index (κ1) is 19.8. The van der Waals surface area contributed by atoms with Crippen molar-refractivity contribution >= 4 is 17.7 Å². The summed E-state index contributed by atoms with van der Waals surface area (Å²) in [6.45, 7) is 10.2. The van der Waals surface area contributed by atoms with Crippen LogP contribution in [0.3, 0.4) is 0 Å². The molecule has 0 saturated carbocycles. The maximum Gasteiger partial charge on any atom is 0.193 e. The lowest BCUT2D eigenvalue weighted by molar-refractivity contribution is 0.408. The highest BCUT2D eigenvalue weighted by molar-refractivity contribution is 8.00. The monoisotopic (exact) mass is 385 g/mol. The van der Waals surface area contributed by atoms with Crippen molar-refractivity contribution in [3.05, 3.63) is 52.8 Å². The topological polar surface area (TPSA) is 45.4 Å². The van der Waals surface area contributed by atoms with Crippen molar-refractivity contribution in [3.63, 3.8) is 0 Å². The van der Waals surface area contributed by atoms with Crippen molar-refractivity contribution in [2.24, 2.45) is 4.99 Å². The number of rotatable bonds is 5. The predicted molar refractivity (Wildman–Crippen MR) is 116 cm³/mol. The van der Waals surface area contributed by atoms with Crippen LogP contribution in [0.25, 0.3) is 0 Å². The highest BCUT2D eigenvalue weighted by Crippen LogP contribution is 2.21. The molecule has 0 bridgehead atoms. The van der Waals surface area contributed by atoms with Gasteiger partial charge in [0.25, 0.3) is 0 Å². The zero-order valence-electron chi connectivity index (χ0n) is 16.9. The molecule has 27 heavy (non-hydrogen) atoms. The van der Waals surface area contributed by atoms with Crippen LogP contribution in [0, 0.1) is 13.8 Å². The van der Waals surface area contributed by atoms with Crippen molar-refractivity contribution < 1.29 is 0 Å². The third-order valence-corrected chi connectivity index (χ3v) is 6.61. The molecule has 6 heteroatoms. The quantitative estimate of drug-likeness (QED) is 0.632. The van der Waals surface area contributed by atoms with Crippen LogP contribution in [0.15, 0.2) is 35.3 Å². The number of hydrogen-bond donors (Lipinski definition) is 1. The number of nitrogens with one attached hydrogen (secondary N) is 1. The van der Waals surface area contributed by atoms with Gasteiger partial charge in [-0.05, 0) is 25.8 Å². The second-order valence-electron chi connectivity index (χ2n) is 7.04. The average Bonchev–Trinajstić information content (AvgIpc) is 2.96. The van der Waals surface area contributed by atoms with Crippen LogP contribution in [0.5, 0.6) is 0 Å². The minimum atomic E-state index is 0.703. The lowest BCUT2D eigenvalue weighted by Crippen LogP contribution is -2.47. The summed E-state index contributed by atoms with van der Waals surface area (Å²) in [5, 5.41) is 9.04. The Kier molecular flexibility index (Phi) is 6.83. The Labute approximate surface area is 167 Å². The predicted octanol–water partition coefficient (Wildman–Crippen LogP) is 3.45. The van der Waals surface area contributed by atoms with E-state index < -0.39 is 0 Å². The highest BCUT2D eigenvalue weighted by atomic mass is 32.2. The molecule has 0 amide bonds. The van der Waals surface area contributed by atoms with Gasteiger partial charge in [-0.25, -0.2) is 0 Å². The van der Waals surface area contributed by atoms with Gasteiger partial charge in [0, 0.05) is 48.9 Å². The summed E-state index contributed by atoms with van der Waals surface area (Å²) < 4.78 is 2.11. The molecule has 1 aromatic heterocycles. The van der Waals surface area contributed by atoms with Crippen LogP contribution >= 0.6 is 11.8 Å². The molecule has 1 saturated heterocycles. The summed E-state index contributed by atoms with van der Waals surface area (Å²) in [6.07, 6.45) is 1.21. The third-order valence-electron chi connectivity index (χ3n) is 5.24. The van der Waals surface area contributed by atoms with Crippen molar-refractivity contribution in [1.29, 1.82) is 0 Å². The average molecular weight is 386 g/mol. The molecule has 5 nitrogen and oxygen atoms in total. The van der Waals surface area contributed by atoms with E-state index in [2.05, 4.69) is 76.7 Å². The van der Waals surface area contributed by atoms with Crippen LogP contribution in [0.1, 0.15) is 35.9 Å². The van der Waals surface area contributed by atoms with Gasteiger partial charge in [-0.2, -0.15) is 16.9 Å². The zero-order valence-corrected chi connectivity index (χ0v) is 17.7. The molecule has 1 N–H and O–H groups in total. The number of hydrogen-bond acceptors (Lipinski definition) is 3. The molecular weight excluding hydrogens is 354 g/mol. The lowest BCUT2D eigenvalue weighted by atomic mass is 10.2. The van der Waals surface area contributed by atoms with E-state index in [0.29, 0.717) is 5.25 Å². The van der Waals surface area contributed by atoms with Gasteiger partial charge in [0.2, 0.25) is 0 Å². The number of guanidine groups is 1. The summed E-state index contributed by atoms with van der Waals surface area (Å²) in [7, 11) is 1.88. The summed E-state index contributed by atoms with van der Waals surface area (Å²) in [5.74, 6) is 2.18. The smallest absolute Gasteiger partial charge is 0.193 e. The summed E-state index contributed by atoms with van der Waals surface area (Å²) in [5.41, 5.74) is 4.85. The normalized spacial score (nSPS) is 18.0. The molecule has 0 aliphatic carbocycles. The van der Waals surface area contributed by atoms with Crippen LogP contribution in [-0.2, 0) is 13.1 Å². The van der Waals surface area contributed by atoms with E-state index in [4.69, 9.17) is 5.10 Å². The van der Waals surface area contributed by atoms with Gasteiger partial charge in [0.05, 0.1) is 12.2 Å². The van der Waals surface area contributed by atoms with E-state index in [1.807, 2.05) is 13.1 Å². The molecule has 0 spiro atoms. The van der Waals surface area contributed by atoms with Gasteiger partial charge in [-0.15, -0.1) is 0 Å². The Morgan fingerprint density at radius 3 is 2.78 bits per heavy atom. The Morgan fingerprint density at radius 1 is 1.30 bits per heavy atom. The number of aromatic nitrogens is 2. The van der Waals surface area contributed by atoms with Crippen molar-refractivity contribution in [1.82, 2.24) is 20.0 Å². The van der Waals surface area contributed by atoms with Gasteiger partial charge in [0.1, 0.15) is 0 Å². The van der Waals surface area contributed by atoms with Gasteiger partial charge < -0.3 is 10.2 Å². The van der Waals surface area contributed by atoms with E-state index in [9.17, 15) is 0 Å². The SMILES string of the molecule is CCC1CN(C(=NC)NCc2c(C)nn(Cc3ccccc3)c2C)CCS1. The van der Waals surface area contributed by atoms with Crippen molar-refractivity contribution in [2.45, 2.75) is 45.5 Å². The second-order valence-corrected chi connectivity index (χ2v) is 8.45. The highest BCUT2D eigenvalue weighted by Gasteiger charge is 2.22. The molecule has 0 radical (unpaired) electrons. The first-order valence-electron chi connectivity index (χ1n) is 9.76. The van der Waals surface area contributed by atoms with Gasteiger partial charge in [0.15, 0.2) is 5.96 Å². The van der Waals surface area contributed by atoms with Crippen LogP contribution < -0.4 is 5.32 Å². The third kappa shape index (κ3) is 4.86. The molecule has 1 fully saturated rings. The maximum atomic E-state index is 4.77. The number of nitrogens with zero attached hydrogens (tertiary/aromatic N) is 4. The Morgan fingerprint density at radius 2 is 2.07 bits per heavy atom. The summed E-state index contributed by atoms with van der Waals surface area (Å²) >= 11 is 2.08. The van der Waals surface area contributed by atoms with Crippen LogP contribution in [0.2, 0.25) is 0 Å². The molecule has 1 aliphatic rings. The fourth-order valence-corrected chi connectivity index (χ4v) is 4.74. The molecule has 1 aromatic carbocycles. The van der Waals surface area contributed by atoms with E-state index in [-0.39, 0.29) is 0 Å². The Bertz CT molecular complexity index is 768. The lowest BCUT2D eigenvalue weighted by Gasteiger charge is -2.34. The second kappa shape index (κ2) is 9.31. The first-order valence-corrected chi connectivity index (χ1v) is 10.8. The first-order chi connectivity index (χ1) is 13.1. The van der Waals surface area contributed by atoms with Gasteiger partial charge in [-0.3, -0.25) is 9.67 Å². The van der Waals surface area contributed by atoms with Gasteiger partial charge >= 0.3 is 0 Å². The summed E-state index contributed by atoms with van der Waals surface area (Å²) in [6, 6.07) is 10.5. The minimum absolute atomic E-state index is 0.703. The molecular formula is C21H31N5S. The number of aliphatic imine (C=N–C) groups is 1. The van der Waals surface area contributed by atoms with E-state index in [1.54, 1.807) is 0 Å². The fraction of sp³-hybridized carbons (Fsp3) is 0.524. The molecule has 1 unspecified atom stereocenters. The molecule has 2 heterocycles. The number of thioether (sulfide) groups is 1. The Balaban J connectivity index is 1.66. The minimum Gasteiger partial charge on any atom is -0.352 e. The van der Waals surface area contributed by atoms with Crippen molar-refractivity contribution in [3.8, 4) is 0 Å². The largest absolute Gasteiger partial charge is 0.352 e. The molecule has 146 valence electrons. The molecule has 1 atom stereocenters. The van der Waals surface area contributed by atoms with E-state index in [1.165, 1.54) is 29.0 Å². The van der Waals surface area contributed by atoms with E-state index in [0.717, 1.165) is 37.8 Å².